The summed E-state index contributed by atoms with van der Waals surface area (Å²) in [6, 6.07) is 0. The average molecular weight is 283 g/mol. The summed E-state index contributed by atoms with van der Waals surface area (Å²) >= 11 is 0. The molecule has 20 heavy (non-hydrogen) atoms. The molecule has 0 rings (SSSR count). The molecule has 0 aliphatic rings. The Balaban J connectivity index is 0. The van der Waals surface area contributed by atoms with E-state index in [1.54, 1.807) is 5.57 Å². The lowest BCUT2D eigenvalue weighted by Crippen LogP contribution is -2.21. The van der Waals surface area contributed by atoms with Crippen LogP contribution in [-0.4, -0.2) is 0 Å². The summed E-state index contributed by atoms with van der Waals surface area (Å²) in [7, 11) is 0. The third kappa shape index (κ3) is 8.82. The fraction of sp³-hybridized carbons (Fsp3) is 0.900. The second-order valence-electron chi connectivity index (χ2n) is 8.07. The fourth-order valence-electron chi connectivity index (χ4n) is 4.13. The average Bonchev–Trinajstić information content (AvgIpc) is 2.12. The zero-order chi connectivity index (χ0) is 16.6. The minimum absolute atomic E-state index is 0.713. The number of hydrogen-bond acceptors (Lipinski definition) is 0. The van der Waals surface area contributed by atoms with Gasteiger partial charge in [-0.05, 0) is 49.4 Å². The van der Waals surface area contributed by atoms with Crippen LogP contribution in [0.25, 0.3) is 0 Å². The smallest absolute Gasteiger partial charge is 0.0255 e. The molecule has 0 unspecified atom stereocenters. The SMILES string of the molecule is CC(C)=C(C(C)C)C(C)C.CC(C)C(C(C)C)C(C)C. The van der Waals surface area contributed by atoms with Crippen LogP contribution in [0.4, 0.5) is 0 Å². The molecule has 0 bridgehead atoms. The summed E-state index contributed by atoms with van der Waals surface area (Å²) in [5.41, 5.74) is 3.10. The highest BCUT2D eigenvalue weighted by atomic mass is 14.3. The van der Waals surface area contributed by atoms with E-state index >= 15 is 0 Å². The predicted octanol–water partition coefficient (Wildman–Crippen LogP) is 7.21. The van der Waals surface area contributed by atoms with E-state index in [-0.39, 0.29) is 0 Å². The standard InChI is InChI=1S/C10H22.C10H20/c2*1-7(2)10(8(3)4)9(5)6/h7-10H,1-6H3;7-8H,1-6H3. The summed E-state index contributed by atoms with van der Waals surface area (Å²) in [6.45, 7) is 27.4. The predicted molar refractivity (Wildman–Crippen MR) is 96.1 cm³/mol. The Morgan fingerprint density at radius 3 is 0.750 bits per heavy atom. The molecule has 0 aliphatic heterocycles. The molecule has 0 aliphatic carbocycles. The summed E-state index contributed by atoms with van der Waals surface area (Å²) in [5.74, 6) is 4.81. The Hall–Kier alpha value is -0.260. The lowest BCUT2D eigenvalue weighted by Gasteiger charge is -2.28. The van der Waals surface area contributed by atoms with Crippen molar-refractivity contribution in [3.8, 4) is 0 Å². The van der Waals surface area contributed by atoms with E-state index in [2.05, 4.69) is 83.1 Å². The van der Waals surface area contributed by atoms with Crippen LogP contribution in [0.1, 0.15) is 83.1 Å². The van der Waals surface area contributed by atoms with Crippen molar-refractivity contribution >= 4 is 0 Å². The van der Waals surface area contributed by atoms with Gasteiger partial charge in [-0.15, -0.1) is 0 Å². The molecule has 0 saturated heterocycles. The summed E-state index contributed by atoms with van der Waals surface area (Å²) in [4.78, 5) is 0. The third-order valence-corrected chi connectivity index (χ3v) is 4.13. The van der Waals surface area contributed by atoms with Crippen LogP contribution in [0.2, 0.25) is 0 Å². The Bertz CT molecular complexity index is 231. The zero-order valence-electron chi connectivity index (χ0n) is 16.5. The van der Waals surface area contributed by atoms with Gasteiger partial charge in [0.2, 0.25) is 0 Å². The van der Waals surface area contributed by atoms with Gasteiger partial charge in [0.25, 0.3) is 0 Å². The van der Waals surface area contributed by atoms with Gasteiger partial charge in [-0.25, -0.2) is 0 Å². The van der Waals surface area contributed by atoms with Crippen molar-refractivity contribution in [2.75, 3.05) is 0 Å². The summed E-state index contributed by atoms with van der Waals surface area (Å²) in [6.07, 6.45) is 0. The Labute approximate surface area is 130 Å². The highest BCUT2D eigenvalue weighted by molar-refractivity contribution is 5.13. The number of hydrogen-bond donors (Lipinski definition) is 0. The van der Waals surface area contributed by atoms with E-state index in [1.165, 1.54) is 5.57 Å². The minimum Gasteiger partial charge on any atom is -0.0767 e. The van der Waals surface area contributed by atoms with Crippen LogP contribution >= 0.6 is 0 Å². The van der Waals surface area contributed by atoms with Crippen LogP contribution in [0.3, 0.4) is 0 Å². The summed E-state index contributed by atoms with van der Waals surface area (Å²) < 4.78 is 0. The molecule has 0 saturated carbocycles. The molecule has 0 heteroatoms. The highest BCUT2D eigenvalue weighted by Crippen LogP contribution is 2.27. The van der Waals surface area contributed by atoms with Gasteiger partial charge in [0.05, 0.1) is 0 Å². The van der Waals surface area contributed by atoms with Crippen LogP contribution in [0.5, 0.6) is 0 Å². The molecule has 122 valence electrons. The monoisotopic (exact) mass is 282 g/mol. The molecule has 0 radical (unpaired) electrons. The van der Waals surface area contributed by atoms with Gasteiger partial charge in [-0.2, -0.15) is 0 Å². The van der Waals surface area contributed by atoms with Gasteiger partial charge in [-0.3, -0.25) is 0 Å². The van der Waals surface area contributed by atoms with Gasteiger partial charge >= 0.3 is 0 Å². The summed E-state index contributed by atoms with van der Waals surface area (Å²) in [5, 5.41) is 0. The van der Waals surface area contributed by atoms with Gasteiger partial charge in [0, 0.05) is 0 Å². The number of allylic oxidation sites excluding steroid dienone is 2. The van der Waals surface area contributed by atoms with E-state index in [1.807, 2.05) is 0 Å². The van der Waals surface area contributed by atoms with Crippen molar-refractivity contribution in [1.29, 1.82) is 0 Å². The van der Waals surface area contributed by atoms with E-state index < -0.39 is 0 Å². The quantitative estimate of drug-likeness (QED) is 0.467. The second kappa shape index (κ2) is 10.5. The first-order valence-electron chi connectivity index (χ1n) is 8.60. The lowest BCUT2D eigenvalue weighted by atomic mass is 9.78. The molecule has 0 aromatic rings. The molecule has 0 spiro atoms. The maximum atomic E-state index is 2.32. The van der Waals surface area contributed by atoms with Gasteiger partial charge in [-0.1, -0.05) is 80.4 Å². The van der Waals surface area contributed by atoms with Crippen molar-refractivity contribution in [3.63, 3.8) is 0 Å². The zero-order valence-corrected chi connectivity index (χ0v) is 16.5. The van der Waals surface area contributed by atoms with Crippen molar-refractivity contribution in [3.05, 3.63) is 11.1 Å². The van der Waals surface area contributed by atoms with E-state index in [9.17, 15) is 0 Å². The van der Waals surface area contributed by atoms with Crippen molar-refractivity contribution in [2.24, 2.45) is 35.5 Å². The van der Waals surface area contributed by atoms with Crippen molar-refractivity contribution < 1.29 is 0 Å². The molecule has 0 amide bonds. The largest absolute Gasteiger partial charge is 0.0767 e. The van der Waals surface area contributed by atoms with Crippen molar-refractivity contribution in [1.82, 2.24) is 0 Å². The molecule has 0 aromatic heterocycles. The fourth-order valence-corrected chi connectivity index (χ4v) is 4.13. The highest BCUT2D eigenvalue weighted by Gasteiger charge is 2.20. The molecule has 0 nitrogen and oxygen atoms in total. The van der Waals surface area contributed by atoms with Gasteiger partial charge in [0.1, 0.15) is 0 Å². The first kappa shape index (κ1) is 22.0. The van der Waals surface area contributed by atoms with E-state index in [0.717, 1.165) is 23.7 Å². The lowest BCUT2D eigenvalue weighted by molar-refractivity contribution is 0.212. The Morgan fingerprint density at radius 2 is 0.750 bits per heavy atom. The third-order valence-electron chi connectivity index (χ3n) is 4.13. The molecular formula is C20H42. The van der Waals surface area contributed by atoms with E-state index in [0.29, 0.717) is 11.8 Å². The van der Waals surface area contributed by atoms with E-state index in [4.69, 9.17) is 0 Å². The molecule has 0 fully saturated rings. The minimum atomic E-state index is 0.713. The van der Waals surface area contributed by atoms with Crippen LogP contribution in [0, 0.1) is 35.5 Å². The Morgan fingerprint density at radius 1 is 0.500 bits per heavy atom. The topological polar surface area (TPSA) is 0 Å². The maximum Gasteiger partial charge on any atom is -0.0255 e. The molecule has 0 heterocycles. The van der Waals surface area contributed by atoms with Crippen molar-refractivity contribution in [2.45, 2.75) is 83.1 Å². The van der Waals surface area contributed by atoms with Crippen LogP contribution in [-0.2, 0) is 0 Å². The normalized spacial score (nSPS) is 11.7. The second-order valence-corrected chi connectivity index (χ2v) is 8.07. The molecule has 0 N–H and O–H groups in total. The first-order chi connectivity index (χ1) is 8.93. The molecule has 0 aromatic carbocycles. The number of rotatable bonds is 5. The van der Waals surface area contributed by atoms with Crippen LogP contribution < -0.4 is 0 Å². The Kier molecular flexibility index (Phi) is 11.5. The van der Waals surface area contributed by atoms with Gasteiger partial charge < -0.3 is 0 Å². The maximum absolute atomic E-state index is 2.32. The first-order valence-corrected chi connectivity index (χ1v) is 8.60. The van der Waals surface area contributed by atoms with Crippen LogP contribution in [0.15, 0.2) is 11.1 Å². The van der Waals surface area contributed by atoms with Gasteiger partial charge in [0.15, 0.2) is 0 Å². The molecule has 0 atom stereocenters. The molecular weight excluding hydrogens is 240 g/mol.